The molecule has 0 radical (unpaired) electrons. The Kier molecular flexibility index (Phi) is 6.37. The number of hydrogen-bond donors (Lipinski definition) is 2. The summed E-state index contributed by atoms with van der Waals surface area (Å²) in [5, 5.41) is 24.1. The Bertz CT molecular complexity index is 1630. The molecule has 6 rings (SSSR count). The van der Waals surface area contributed by atoms with Crippen LogP contribution in [-0.4, -0.2) is 48.5 Å². The maximum absolute atomic E-state index is 15.0. The van der Waals surface area contributed by atoms with Gasteiger partial charge in [-0.25, -0.2) is 13.2 Å². The standard InChI is InChI=1S/C30H25F3N4O2/c1-16-8-18(10-20(31)9-16)22-14-36-24-3-2-17(27-28(33)23(32)12-19(13-34)30(27)38)11-21(24)29(22)37-6-4-25-26(15-37)39-7-5-35-25/h2-3,8-12,14,25-26,35,38H,4-7,15H2,1H3. The quantitative estimate of drug-likeness (QED) is 0.367. The molecule has 2 N–H and O–H groups in total. The smallest absolute Gasteiger partial charge is 0.170 e. The minimum absolute atomic E-state index is 0.0520. The Morgan fingerprint density at radius 1 is 1.13 bits per heavy atom. The van der Waals surface area contributed by atoms with Crippen LogP contribution in [0, 0.1) is 35.7 Å². The lowest BCUT2D eigenvalue weighted by Crippen LogP contribution is -2.57. The van der Waals surface area contributed by atoms with Gasteiger partial charge in [-0.2, -0.15) is 5.26 Å². The number of halogens is 3. The van der Waals surface area contributed by atoms with Crippen molar-refractivity contribution in [1.82, 2.24) is 10.3 Å². The molecule has 3 aromatic carbocycles. The maximum atomic E-state index is 15.0. The van der Waals surface area contributed by atoms with Crippen molar-refractivity contribution in [2.45, 2.75) is 25.5 Å². The fraction of sp³-hybridized carbons (Fsp3) is 0.267. The number of aromatic nitrogens is 1. The molecule has 2 aliphatic rings. The Hall–Kier alpha value is -4.13. The first-order valence-corrected chi connectivity index (χ1v) is 12.8. The number of rotatable bonds is 3. The molecular formula is C30H25F3N4O2. The average Bonchev–Trinajstić information content (AvgIpc) is 2.93. The number of aryl methyl sites for hydroxylation is 1. The third kappa shape index (κ3) is 4.46. The summed E-state index contributed by atoms with van der Waals surface area (Å²) in [5.41, 5.74) is 2.85. The van der Waals surface area contributed by atoms with E-state index in [1.807, 2.05) is 13.0 Å². The van der Waals surface area contributed by atoms with Crippen LogP contribution in [0.25, 0.3) is 33.2 Å². The molecule has 2 atom stereocenters. The highest BCUT2D eigenvalue weighted by atomic mass is 19.2. The van der Waals surface area contributed by atoms with E-state index in [4.69, 9.17) is 4.74 Å². The highest BCUT2D eigenvalue weighted by Gasteiger charge is 2.34. The van der Waals surface area contributed by atoms with Crippen molar-refractivity contribution >= 4 is 16.6 Å². The molecule has 0 bridgehead atoms. The summed E-state index contributed by atoms with van der Waals surface area (Å²) in [6.45, 7) is 4.46. The number of nitrogens with zero attached hydrogens (tertiary/aromatic N) is 3. The highest BCUT2D eigenvalue weighted by molar-refractivity contribution is 6.02. The van der Waals surface area contributed by atoms with Crippen molar-refractivity contribution in [1.29, 1.82) is 5.26 Å². The zero-order valence-electron chi connectivity index (χ0n) is 21.1. The van der Waals surface area contributed by atoms with E-state index in [0.29, 0.717) is 47.8 Å². The zero-order valence-corrected chi connectivity index (χ0v) is 21.1. The molecule has 9 heteroatoms. The molecule has 3 heterocycles. The first-order chi connectivity index (χ1) is 18.8. The van der Waals surface area contributed by atoms with Gasteiger partial charge in [-0.1, -0.05) is 12.1 Å². The Morgan fingerprint density at radius 3 is 2.77 bits per heavy atom. The fourth-order valence-electron chi connectivity index (χ4n) is 5.72. The van der Waals surface area contributed by atoms with Gasteiger partial charge >= 0.3 is 0 Å². The van der Waals surface area contributed by atoms with Gasteiger partial charge < -0.3 is 20.1 Å². The van der Waals surface area contributed by atoms with Crippen molar-refractivity contribution in [3.05, 3.63) is 77.2 Å². The van der Waals surface area contributed by atoms with Crippen molar-refractivity contribution in [2.24, 2.45) is 0 Å². The number of hydrogen-bond acceptors (Lipinski definition) is 6. The molecule has 0 amide bonds. The number of aromatic hydroxyl groups is 1. The zero-order chi connectivity index (χ0) is 27.3. The lowest BCUT2D eigenvalue weighted by atomic mass is 9.93. The fourth-order valence-corrected chi connectivity index (χ4v) is 5.72. The number of benzene rings is 3. The molecule has 4 aromatic rings. The second kappa shape index (κ2) is 9.88. The minimum atomic E-state index is -1.25. The summed E-state index contributed by atoms with van der Waals surface area (Å²) in [7, 11) is 0. The van der Waals surface area contributed by atoms with Crippen LogP contribution in [0.15, 0.2) is 48.7 Å². The SMILES string of the molecule is Cc1cc(F)cc(-c2cnc3ccc(-c4c(O)c(C#N)cc(F)c4F)cc3c2N2CCC3NCCOC3C2)c1. The van der Waals surface area contributed by atoms with Crippen LogP contribution in [-0.2, 0) is 4.74 Å². The van der Waals surface area contributed by atoms with Gasteiger partial charge in [0.25, 0.3) is 0 Å². The number of ether oxygens (including phenoxy) is 1. The lowest BCUT2D eigenvalue weighted by molar-refractivity contribution is -0.00896. The predicted molar refractivity (Wildman–Crippen MR) is 142 cm³/mol. The molecule has 0 spiro atoms. The number of phenolic OH excluding ortho intramolecular Hbond substituents is 1. The minimum Gasteiger partial charge on any atom is -0.506 e. The Morgan fingerprint density at radius 2 is 1.97 bits per heavy atom. The monoisotopic (exact) mass is 530 g/mol. The van der Waals surface area contributed by atoms with E-state index in [-0.39, 0.29) is 29.1 Å². The van der Waals surface area contributed by atoms with E-state index >= 15 is 4.39 Å². The van der Waals surface area contributed by atoms with E-state index in [9.17, 15) is 19.1 Å². The largest absolute Gasteiger partial charge is 0.506 e. The van der Waals surface area contributed by atoms with Gasteiger partial charge in [0, 0.05) is 42.8 Å². The molecule has 39 heavy (non-hydrogen) atoms. The summed E-state index contributed by atoms with van der Waals surface area (Å²) in [5.74, 6) is -3.49. The number of fused-ring (bicyclic) bond motifs is 2. The second-order valence-electron chi connectivity index (χ2n) is 10.0. The van der Waals surface area contributed by atoms with Gasteiger partial charge in [0.15, 0.2) is 11.6 Å². The molecule has 0 saturated carbocycles. The van der Waals surface area contributed by atoms with Crippen LogP contribution in [0.3, 0.4) is 0 Å². The molecule has 2 aliphatic heterocycles. The molecule has 2 fully saturated rings. The molecule has 1 aromatic heterocycles. The van der Waals surface area contributed by atoms with E-state index in [1.54, 1.807) is 24.4 Å². The van der Waals surface area contributed by atoms with E-state index < -0.39 is 22.9 Å². The lowest BCUT2D eigenvalue weighted by Gasteiger charge is -2.43. The average molecular weight is 531 g/mol. The summed E-state index contributed by atoms with van der Waals surface area (Å²) >= 11 is 0. The summed E-state index contributed by atoms with van der Waals surface area (Å²) in [4.78, 5) is 6.78. The summed E-state index contributed by atoms with van der Waals surface area (Å²) in [6.07, 6.45) is 2.47. The number of anilines is 1. The second-order valence-corrected chi connectivity index (χ2v) is 10.0. The number of nitriles is 1. The summed E-state index contributed by atoms with van der Waals surface area (Å²) < 4.78 is 50.0. The van der Waals surface area contributed by atoms with E-state index in [0.717, 1.165) is 24.2 Å². The van der Waals surface area contributed by atoms with E-state index in [2.05, 4.69) is 15.2 Å². The van der Waals surface area contributed by atoms with Crippen LogP contribution in [0.1, 0.15) is 17.5 Å². The number of phenols is 1. The first kappa shape index (κ1) is 25.2. The van der Waals surface area contributed by atoms with Crippen molar-refractivity contribution < 1.29 is 23.0 Å². The van der Waals surface area contributed by atoms with Gasteiger partial charge in [0.05, 0.1) is 35.0 Å². The van der Waals surface area contributed by atoms with E-state index in [1.165, 1.54) is 18.2 Å². The maximum Gasteiger partial charge on any atom is 0.170 e. The molecule has 2 unspecified atom stereocenters. The first-order valence-electron chi connectivity index (χ1n) is 12.8. The number of pyridine rings is 1. The number of piperidine rings is 1. The summed E-state index contributed by atoms with van der Waals surface area (Å²) in [6, 6.07) is 12.2. The van der Waals surface area contributed by atoms with Gasteiger partial charge in [-0.15, -0.1) is 0 Å². The Labute approximate surface area is 223 Å². The van der Waals surface area contributed by atoms with Crippen molar-refractivity contribution in [2.75, 3.05) is 31.1 Å². The van der Waals surface area contributed by atoms with Gasteiger partial charge in [0.2, 0.25) is 0 Å². The number of nitrogens with one attached hydrogen (secondary N) is 1. The van der Waals surface area contributed by atoms with Crippen LogP contribution < -0.4 is 10.2 Å². The van der Waals surface area contributed by atoms with Gasteiger partial charge in [0.1, 0.15) is 17.6 Å². The molecule has 6 nitrogen and oxygen atoms in total. The normalized spacial score (nSPS) is 19.1. The van der Waals surface area contributed by atoms with Gasteiger partial charge in [-0.05, 0) is 60.4 Å². The van der Waals surface area contributed by atoms with Crippen molar-refractivity contribution in [3.8, 4) is 34.1 Å². The van der Waals surface area contributed by atoms with Crippen LogP contribution in [0.4, 0.5) is 18.9 Å². The van der Waals surface area contributed by atoms with Crippen LogP contribution in [0.5, 0.6) is 5.75 Å². The molecule has 198 valence electrons. The molecule has 0 aliphatic carbocycles. The predicted octanol–water partition coefficient (Wildman–Crippen LogP) is 5.44. The molecular weight excluding hydrogens is 505 g/mol. The van der Waals surface area contributed by atoms with Crippen molar-refractivity contribution in [3.63, 3.8) is 0 Å². The van der Waals surface area contributed by atoms with Gasteiger partial charge in [-0.3, -0.25) is 4.98 Å². The topological polar surface area (TPSA) is 81.4 Å². The highest BCUT2D eigenvalue weighted by Crippen LogP contribution is 2.42. The number of morpholine rings is 1. The third-order valence-electron chi connectivity index (χ3n) is 7.51. The van der Waals surface area contributed by atoms with Crippen LogP contribution in [0.2, 0.25) is 0 Å². The van der Waals surface area contributed by atoms with Crippen LogP contribution >= 0.6 is 0 Å². The Balaban J connectivity index is 1.59. The third-order valence-corrected chi connectivity index (χ3v) is 7.51. The molecule has 2 saturated heterocycles.